The maximum absolute atomic E-state index is 13.6. The fourth-order valence-electron chi connectivity index (χ4n) is 4.80. The van der Waals surface area contributed by atoms with E-state index in [0.717, 1.165) is 27.6 Å². The van der Waals surface area contributed by atoms with Crippen molar-refractivity contribution in [1.82, 2.24) is 30.1 Å². The van der Waals surface area contributed by atoms with Crippen LogP contribution < -0.4 is 5.56 Å². The third-order valence-electron chi connectivity index (χ3n) is 6.77. The Bertz CT molecular complexity index is 1590. The number of tetrazole rings is 1. The second-order valence-corrected chi connectivity index (χ2v) is 9.44. The summed E-state index contributed by atoms with van der Waals surface area (Å²) in [4.78, 5) is 18.3. The number of halogens is 2. The van der Waals surface area contributed by atoms with E-state index >= 15 is 0 Å². The average Bonchev–Trinajstić information content (AvgIpc) is 3.36. The van der Waals surface area contributed by atoms with Gasteiger partial charge in [0, 0.05) is 18.7 Å². The molecule has 2 aromatic heterocycles. The third-order valence-corrected chi connectivity index (χ3v) is 6.77. The van der Waals surface area contributed by atoms with E-state index < -0.39 is 0 Å². The standard InChI is InChI=1S/C29H28F2N6O/c1-3-26(28-33-34-35-37(28)17-21-9-13-25(31)14-10-21)36(16-20-7-11-24(30)12-8-20)18-23-15-22-6-4-5-19(2)27(22)32-29(23)38/h4-15,26H,3,16-18H2,1-2H3,(H,32,38). The zero-order valence-corrected chi connectivity index (χ0v) is 21.2. The summed E-state index contributed by atoms with van der Waals surface area (Å²) in [6.07, 6.45) is 0.662. The number of pyridine rings is 1. The first-order valence-corrected chi connectivity index (χ1v) is 12.5. The lowest BCUT2D eigenvalue weighted by Gasteiger charge is -2.30. The van der Waals surface area contributed by atoms with Gasteiger partial charge in [0.2, 0.25) is 0 Å². The van der Waals surface area contributed by atoms with Crippen molar-refractivity contribution in [3.8, 4) is 0 Å². The van der Waals surface area contributed by atoms with Crippen molar-refractivity contribution in [2.24, 2.45) is 0 Å². The van der Waals surface area contributed by atoms with E-state index in [4.69, 9.17) is 0 Å². The molecule has 5 aromatic rings. The van der Waals surface area contributed by atoms with Crippen LogP contribution in [0.3, 0.4) is 0 Å². The van der Waals surface area contributed by atoms with Crippen LogP contribution in [0.1, 0.15) is 47.5 Å². The fourth-order valence-corrected chi connectivity index (χ4v) is 4.80. The molecule has 0 saturated carbocycles. The minimum atomic E-state index is -0.308. The van der Waals surface area contributed by atoms with Gasteiger partial charge in [0.25, 0.3) is 5.56 Å². The lowest BCUT2D eigenvalue weighted by molar-refractivity contribution is 0.161. The molecule has 0 aliphatic carbocycles. The molecule has 2 heterocycles. The Labute approximate surface area is 218 Å². The molecule has 0 fully saturated rings. The van der Waals surface area contributed by atoms with Gasteiger partial charge in [0.15, 0.2) is 5.82 Å². The zero-order valence-electron chi connectivity index (χ0n) is 21.2. The molecular formula is C29H28F2N6O. The van der Waals surface area contributed by atoms with E-state index in [-0.39, 0.29) is 23.2 Å². The minimum absolute atomic E-state index is 0.156. The number of aryl methyl sites for hydroxylation is 1. The molecule has 194 valence electrons. The largest absolute Gasteiger partial charge is 0.321 e. The van der Waals surface area contributed by atoms with E-state index in [1.807, 2.05) is 38.1 Å². The minimum Gasteiger partial charge on any atom is -0.321 e. The highest BCUT2D eigenvalue weighted by molar-refractivity contribution is 5.81. The number of fused-ring (bicyclic) bond motifs is 1. The molecule has 1 N–H and O–H groups in total. The maximum Gasteiger partial charge on any atom is 0.252 e. The highest BCUT2D eigenvalue weighted by atomic mass is 19.1. The first kappa shape index (κ1) is 25.4. The summed E-state index contributed by atoms with van der Waals surface area (Å²) in [6.45, 7) is 5.16. The molecule has 9 heteroatoms. The SMILES string of the molecule is CCC(c1nnnn1Cc1ccc(F)cc1)N(Cc1ccc(F)cc1)Cc1cc2cccc(C)c2[nH]c1=O. The molecule has 7 nitrogen and oxygen atoms in total. The Morgan fingerprint density at radius 2 is 1.63 bits per heavy atom. The number of hydrogen-bond donors (Lipinski definition) is 1. The van der Waals surface area contributed by atoms with Crippen LogP contribution in [-0.4, -0.2) is 30.1 Å². The predicted octanol–water partition coefficient (Wildman–Crippen LogP) is 5.30. The number of H-pyrrole nitrogens is 1. The van der Waals surface area contributed by atoms with Crippen LogP contribution in [0.15, 0.2) is 77.6 Å². The topological polar surface area (TPSA) is 79.7 Å². The highest BCUT2D eigenvalue weighted by Gasteiger charge is 2.26. The Morgan fingerprint density at radius 1 is 0.947 bits per heavy atom. The number of nitrogens with one attached hydrogen (secondary N) is 1. The van der Waals surface area contributed by atoms with Gasteiger partial charge in [0.1, 0.15) is 11.6 Å². The predicted molar refractivity (Wildman–Crippen MR) is 141 cm³/mol. The summed E-state index contributed by atoms with van der Waals surface area (Å²) in [5.74, 6) is 0.0160. The lowest BCUT2D eigenvalue weighted by Crippen LogP contribution is -2.32. The van der Waals surface area contributed by atoms with Gasteiger partial charge in [0.05, 0.1) is 18.1 Å². The maximum atomic E-state index is 13.6. The normalized spacial score (nSPS) is 12.3. The molecule has 0 aliphatic heterocycles. The van der Waals surface area contributed by atoms with E-state index in [1.165, 1.54) is 24.3 Å². The number of nitrogens with zero attached hydrogens (tertiary/aromatic N) is 5. The molecule has 0 bridgehead atoms. The summed E-state index contributed by atoms with van der Waals surface area (Å²) >= 11 is 0. The third kappa shape index (κ3) is 5.52. The molecule has 3 aromatic carbocycles. The van der Waals surface area contributed by atoms with E-state index in [0.29, 0.717) is 37.4 Å². The Kier molecular flexibility index (Phi) is 7.37. The van der Waals surface area contributed by atoms with Crippen LogP contribution >= 0.6 is 0 Å². The number of para-hydroxylation sites is 1. The molecule has 1 atom stereocenters. The summed E-state index contributed by atoms with van der Waals surface area (Å²) in [5.41, 5.74) is 4.04. The molecule has 38 heavy (non-hydrogen) atoms. The van der Waals surface area contributed by atoms with Crippen molar-refractivity contribution >= 4 is 10.9 Å². The van der Waals surface area contributed by atoms with Crippen molar-refractivity contribution in [2.45, 2.75) is 45.9 Å². The van der Waals surface area contributed by atoms with Crippen LogP contribution in [0.25, 0.3) is 10.9 Å². The van der Waals surface area contributed by atoms with Gasteiger partial charge >= 0.3 is 0 Å². The van der Waals surface area contributed by atoms with Gasteiger partial charge in [-0.3, -0.25) is 9.69 Å². The summed E-state index contributed by atoms with van der Waals surface area (Å²) < 4.78 is 28.7. The summed E-state index contributed by atoms with van der Waals surface area (Å²) in [5, 5.41) is 13.4. The summed E-state index contributed by atoms with van der Waals surface area (Å²) in [6, 6.07) is 20.1. The van der Waals surface area contributed by atoms with Gasteiger partial charge in [-0.2, -0.15) is 0 Å². The van der Waals surface area contributed by atoms with E-state index in [9.17, 15) is 13.6 Å². The van der Waals surface area contributed by atoms with Crippen molar-refractivity contribution in [2.75, 3.05) is 0 Å². The fraction of sp³-hybridized carbons (Fsp3) is 0.241. The molecule has 5 rings (SSSR count). The quantitative estimate of drug-likeness (QED) is 0.289. The Balaban J connectivity index is 1.52. The second-order valence-electron chi connectivity index (χ2n) is 9.44. The molecule has 0 spiro atoms. The molecule has 0 radical (unpaired) electrons. The van der Waals surface area contributed by atoms with Crippen LogP contribution in [0.5, 0.6) is 0 Å². The first-order chi connectivity index (χ1) is 18.4. The van der Waals surface area contributed by atoms with Crippen LogP contribution in [0.4, 0.5) is 8.78 Å². The van der Waals surface area contributed by atoms with Crippen LogP contribution in [-0.2, 0) is 19.6 Å². The lowest BCUT2D eigenvalue weighted by atomic mass is 10.1. The number of aromatic nitrogens is 5. The molecular weight excluding hydrogens is 486 g/mol. The number of aromatic amines is 1. The van der Waals surface area contributed by atoms with Gasteiger partial charge in [-0.05, 0) is 76.2 Å². The monoisotopic (exact) mass is 514 g/mol. The van der Waals surface area contributed by atoms with Crippen molar-refractivity contribution < 1.29 is 8.78 Å². The van der Waals surface area contributed by atoms with Crippen molar-refractivity contribution in [3.63, 3.8) is 0 Å². The van der Waals surface area contributed by atoms with Gasteiger partial charge in [-0.25, -0.2) is 13.5 Å². The van der Waals surface area contributed by atoms with Gasteiger partial charge in [-0.15, -0.1) is 5.10 Å². The molecule has 0 amide bonds. The van der Waals surface area contributed by atoms with Gasteiger partial charge in [-0.1, -0.05) is 49.4 Å². The van der Waals surface area contributed by atoms with E-state index in [1.54, 1.807) is 28.9 Å². The van der Waals surface area contributed by atoms with Crippen LogP contribution in [0.2, 0.25) is 0 Å². The Hall–Kier alpha value is -4.24. The van der Waals surface area contributed by atoms with Gasteiger partial charge < -0.3 is 4.98 Å². The number of rotatable bonds is 9. The molecule has 0 aliphatic rings. The summed E-state index contributed by atoms with van der Waals surface area (Å²) in [7, 11) is 0. The number of hydrogen-bond acceptors (Lipinski definition) is 5. The zero-order chi connectivity index (χ0) is 26.6. The van der Waals surface area contributed by atoms with Crippen molar-refractivity contribution in [1.29, 1.82) is 0 Å². The highest BCUT2D eigenvalue weighted by Crippen LogP contribution is 2.27. The van der Waals surface area contributed by atoms with Crippen LogP contribution in [0, 0.1) is 18.6 Å². The van der Waals surface area contributed by atoms with Crippen molar-refractivity contribution in [3.05, 3.63) is 123 Å². The average molecular weight is 515 g/mol. The first-order valence-electron chi connectivity index (χ1n) is 12.5. The smallest absolute Gasteiger partial charge is 0.252 e. The second kappa shape index (κ2) is 11.0. The van der Waals surface area contributed by atoms with E-state index in [2.05, 4.69) is 25.4 Å². The molecule has 0 saturated heterocycles. The molecule has 1 unspecified atom stereocenters. The Morgan fingerprint density at radius 3 is 2.32 bits per heavy atom. The number of benzene rings is 3.